The molecule has 5 nitrogen and oxygen atoms in total. The number of hydrogen-bond acceptors (Lipinski definition) is 3. The number of sulfonamides is 1. The van der Waals surface area contributed by atoms with Gasteiger partial charge in [0.05, 0.1) is 22.7 Å². The summed E-state index contributed by atoms with van der Waals surface area (Å²) in [6.45, 7) is 3.17. The van der Waals surface area contributed by atoms with Crippen molar-refractivity contribution in [2.75, 3.05) is 10.1 Å². The van der Waals surface area contributed by atoms with Gasteiger partial charge in [-0.3, -0.25) is 0 Å². The van der Waals surface area contributed by atoms with Gasteiger partial charge in [0.25, 0.3) is 0 Å². The Balaban J connectivity index is 2.74. The first-order valence-corrected chi connectivity index (χ1v) is 8.89. The Labute approximate surface area is 141 Å². The van der Waals surface area contributed by atoms with Crippen LogP contribution in [-0.4, -0.2) is 25.2 Å². The molecule has 6 heteroatoms. The van der Waals surface area contributed by atoms with E-state index >= 15 is 0 Å². The molecular formula is C18H17NO4S. The first kappa shape index (κ1) is 17.6. The predicted octanol–water partition coefficient (Wildman–Crippen LogP) is 3.24. The molecule has 1 N–H and O–H groups in total. The summed E-state index contributed by atoms with van der Waals surface area (Å²) in [5.74, 6) is 4.22. The number of benzene rings is 2. The molecule has 0 heterocycles. The monoisotopic (exact) mass is 343 g/mol. The summed E-state index contributed by atoms with van der Waals surface area (Å²) in [6.07, 6.45) is 0. The number of aromatic carboxylic acids is 1. The van der Waals surface area contributed by atoms with Crippen molar-refractivity contribution in [2.45, 2.75) is 13.8 Å². The Morgan fingerprint density at radius 2 is 1.79 bits per heavy atom. The third-order valence-corrected chi connectivity index (χ3v) is 5.01. The van der Waals surface area contributed by atoms with Gasteiger partial charge >= 0.3 is 5.97 Å². The lowest BCUT2D eigenvalue weighted by Crippen LogP contribution is -2.28. The normalized spacial score (nSPS) is 10.6. The minimum absolute atomic E-state index is 0.0162. The molecule has 2 rings (SSSR count). The maximum absolute atomic E-state index is 12.6. The van der Waals surface area contributed by atoms with Crippen molar-refractivity contribution in [3.05, 3.63) is 59.7 Å². The summed E-state index contributed by atoms with van der Waals surface area (Å²) in [4.78, 5) is 11.4. The zero-order valence-corrected chi connectivity index (χ0v) is 14.2. The Kier molecular flexibility index (Phi) is 5.27. The van der Waals surface area contributed by atoms with E-state index in [2.05, 4.69) is 11.8 Å². The molecule has 0 atom stereocenters. The van der Waals surface area contributed by atoms with Crippen molar-refractivity contribution in [2.24, 2.45) is 0 Å². The van der Waals surface area contributed by atoms with Crippen LogP contribution >= 0.6 is 0 Å². The Bertz CT molecular complexity index is 909. The first-order valence-electron chi connectivity index (χ1n) is 7.28. The smallest absolute Gasteiger partial charge is 0.335 e. The van der Waals surface area contributed by atoms with Crippen LogP contribution < -0.4 is 4.31 Å². The van der Waals surface area contributed by atoms with E-state index in [0.717, 1.165) is 4.31 Å². The lowest BCUT2D eigenvalue weighted by atomic mass is 10.1. The van der Waals surface area contributed by atoms with Crippen LogP contribution in [0, 0.1) is 11.8 Å². The molecule has 24 heavy (non-hydrogen) atoms. The molecule has 0 spiro atoms. The highest BCUT2D eigenvalue weighted by molar-refractivity contribution is 7.93. The van der Waals surface area contributed by atoms with E-state index < -0.39 is 16.0 Å². The number of anilines is 2. The van der Waals surface area contributed by atoms with Gasteiger partial charge in [-0.25, -0.2) is 17.5 Å². The van der Waals surface area contributed by atoms with Crippen LogP contribution in [0.5, 0.6) is 0 Å². The Morgan fingerprint density at radius 3 is 2.33 bits per heavy atom. The quantitative estimate of drug-likeness (QED) is 0.846. The van der Waals surface area contributed by atoms with E-state index in [-0.39, 0.29) is 17.0 Å². The van der Waals surface area contributed by atoms with Crippen LogP contribution in [0.4, 0.5) is 11.4 Å². The van der Waals surface area contributed by atoms with Gasteiger partial charge in [0.1, 0.15) is 0 Å². The molecule has 0 amide bonds. The average molecular weight is 343 g/mol. The molecule has 2 aromatic carbocycles. The van der Waals surface area contributed by atoms with Crippen LogP contribution in [0.25, 0.3) is 0 Å². The molecule has 0 aromatic heterocycles. The van der Waals surface area contributed by atoms with Crippen molar-refractivity contribution in [3.8, 4) is 11.8 Å². The second-order valence-electron chi connectivity index (χ2n) is 4.95. The highest BCUT2D eigenvalue weighted by Gasteiger charge is 2.24. The zero-order chi connectivity index (χ0) is 17.7. The molecule has 0 saturated carbocycles. The maximum atomic E-state index is 12.6. The summed E-state index contributed by atoms with van der Waals surface area (Å²) >= 11 is 0. The maximum Gasteiger partial charge on any atom is 0.335 e. The second kappa shape index (κ2) is 7.20. The largest absolute Gasteiger partial charge is 0.478 e. The van der Waals surface area contributed by atoms with E-state index in [1.54, 1.807) is 50.2 Å². The molecule has 0 aliphatic rings. The minimum atomic E-state index is -3.65. The molecule has 0 unspecified atom stereocenters. The summed E-state index contributed by atoms with van der Waals surface area (Å²) < 4.78 is 26.3. The van der Waals surface area contributed by atoms with Gasteiger partial charge in [-0.1, -0.05) is 24.1 Å². The van der Waals surface area contributed by atoms with Crippen molar-refractivity contribution in [1.29, 1.82) is 0 Å². The topological polar surface area (TPSA) is 74.7 Å². The van der Waals surface area contributed by atoms with Gasteiger partial charge in [0.15, 0.2) is 0 Å². The fraction of sp³-hybridized carbons (Fsp3) is 0.167. The van der Waals surface area contributed by atoms with Gasteiger partial charge in [0.2, 0.25) is 10.0 Å². The van der Waals surface area contributed by atoms with Crippen LogP contribution in [0.2, 0.25) is 0 Å². The average Bonchev–Trinajstić information content (AvgIpc) is 2.56. The third-order valence-electron chi connectivity index (χ3n) is 3.30. The highest BCUT2D eigenvalue weighted by Crippen LogP contribution is 2.30. The summed E-state index contributed by atoms with van der Waals surface area (Å²) in [5.41, 5.74) is 1.12. The lowest BCUT2D eigenvalue weighted by molar-refractivity contribution is 0.0697. The fourth-order valence-electron chi connectivity index (χ4n) is 2.23. The molecule has 0 aliphatic heterocycles. The minimum Gasteiger partial charge on any atom is -0.478 e. The Morgan fingerprint density at radius 1 is 1.12 bits per heavy atom. The molecule has 0 aliphatic carbocycles. The van der Waals surface area contributed by atoms with Gasteiger partial charge in [0, 0.05) is 5.56 Å². The van der Waals surface area contributed by atoms with Crippen molar-refractivity contribution in [1.82, 2.24) is 0 Å². The van der Waals surface area contributed by atoms with E-state index in [0.29, 0.717) is 11.3 Å². The summed E-state index contributed by atoms with van der Waals surface area (Å²) in [5, 5.41) is 9.30. The molecule has 0 radical (unpaired) electrons. The number of hydrogen-bond donors (Lipinski definition) is 1. The number of carboxylic acid groups (broad SMARTS) is 1. The number of carboxylic acids is 1. The van der Waals surface area contributed by atoms with Gasteiger partial charge < -0.3 is 5.11 Å². The molecule has 0 saturated heterocycles. The van der Waals surface area contributed by atoms with Crippen molar-refractivity contribution < 1.29 is 18.3 Å². The molecule has 0 fully saturated rings. The van der Waals surface area contributed by atoms with E-state index in [1.807, 2.05) is 0 Å². The van der Waals surface area contributed by atoms with E-state index in [1.165, 1.54) is 12.1 Å². The summed E-state index contributed by atoms with van der Waals surface area (Å²) in [6, 6.07) is 12.9. The highest BCUT2D eigenvalue weighted by atomic mass is 32.2. The van der Waals surface area contributed by atoms with Crippen LogP contribution in [0.3, 0.4) is 0 Å². The van der Waals surface area contributed by atoms with Crippen molar-refractivity contribution >= 4 is 27.4 Å². The molecular weight excluding hydrogens is 326 g/mol. The third kappa shape index (κ3) is 3.76. The number of para-hydroxylation sites is 1. The predicted molar refractivity (Wildman–Crippen MR) is 94.0 cm³/mol. The zero-order valence-electron chi connectivity index (χ0n) is 13.4. The number of nitrogens with zero attached hydrogens (tertiary/aromatic N) is 1. The van der Waals surface area contributed by atoms with Gasteiger partial charge in [-0.05, 0) is 44.2 Å². The fourth-order valence-corrected chi connectivity index (χ4v) is 3.36. The second-order valence-corrected chi connectivity index (χ2v) is 7.06. The van der Waals surface area contributed by atoms with Gasteiger partial charge in [-0.2, -0.15) is 0 Å². The molecule has 2 aromatic rings. The van der Waals surface area contributed by atoms with Crippen LogP contribution in [-0.2, 0) is 10.0 Å². The SMILES string of the molecule is CC#Cc1cc(C(=O)O)cc(N(c2ccccc2)S(=O)(=O)CC)c1. The Hall–Kier alpha value is -2.78. The van der Waals surface area contributed by atoms with E-state index in [4.69, 9.17) is 0 Å². The number of carbonyl (C=O) groups is 1. The standard InChI is InChI=1S/C18H17NO4S/c1-3-8-14-11-15(18(20)21)13-17(12-14)19(24(22,23)4-2)16-9-6-5-7-10-16/h5-7,9-13H,4H2,1-2H3,(H,20,21). The van der Waals surface area contributed by atoms with Crippen molar-refractivity contribution in [3.63, 3.8) is 0 Å². The lowest BCUT2D eigenvalue weighted by Gasteiger charge is -2.24. The number of rotatable bonds is 5. The van der Waals surface area contributed by atoms with Gasteiger partial charge in [-0.15, -0.1) is 5.92 Å². The van der Waals surface area contributed by atoms with E-state index in [9.17, 15) is 18.3 Å². The molecule has 124 valence electrons. The molecule has 0 bridgehead atoms. The first-order chi connectivity index (χ1) is 11.4. The summed E-state index contributed by atoms with van der Waals surface area (Å²) in [7, 11) is -3.65. The van der Waals surface area contributed by atoms with Crippen LogP contribution in [0.15, 0.2) is 48.5 Å². The van der Waals surface area contributed by atoms with Crippen LogP contribution in [0.1, 0.15) is 29.8 Å².